The van der Waals surface area contributed by atoms with Crippen molar-refractivity contribution in [3.63, 3.8) is 0 Å². The fraction of sp³-hybridized carbons (Fsp3) is 0.500. The van der Waals surface area contributed by atoms with Gasteiger partial charge in [0.15, 0.2) is 0 Å². The predicted molar refractivity (Wildman–Crippen MR) is 103 cm³/mol. The first-order valence-electron chi connectivity index (χ1n) is 8.88. The molecule has 1 aromatic carbocycles. The van der Waals surface area contributed by atoms with Crippen LogP contribution in [0.4, 0.5) is 11.8 Å². The van der Waals surface area contributed by atoms with Gasteiger partial charge in [-0.3, -0.25) is 0 Å². The van der Waals surface area contributed by atoms with E-state index in [1.807, 2.05) is 6.92 Å². The fourth-order valence-corrected chi connectivity index (χ4v) is 2.66. The van der Waals surface area contributed by atoms with Gasteiger partial charge in [-0.1, -0.05) is 43.7 Å². The van der Waals surface area contributed by atoms with Crippen LogP contribution in [0.15, 0.2) is 36.4 Å². The summed E-state index contributed by atoms with van der Waals surface area (Å²) in [5, 5.41) is 0. The molecule has 1 aromatic heterocycles. The molecule has 0 aliphatic heterocycles. The highest BCUT2D eigenvalue weighted by Crippen LogP contribution is 2.21. The van der Waals surface area contributed by atoms with Gasteiger partial charge in [-0.05, 0) is 32.8 Å². The lowest BCUT2D eigenvalue weighted by Gasteiger charge is -2.29. The number of rotatable bonds is 8. The fourth-order valence-electron chi connectivity index (χ4n) is 2.66. The van der Waals surface area contributed by atoms with Crippen molar-refractivity contribution in [1.29, 1.82) is 0 Å². The van der Waals surface area contributed by atoms with Crippen LogP contribution in [0.2, 0.25) is 0 Å². The lowest BCUT2D eigenvalue weighted by atomic mass is 10.2. The number of hydrogen-bond acceptors (Lipinski definition) is 4. The van der Waals surface area contributed by atoms with Crippen molar-refractivity contribution in [3.05, 3.63) is 47.7 Å². The largest absolute Gasteiger partial charge is 0.350 e. The van der Waals surface area contributed by atoms with Crippen LogP contribution in [-0.4, -0.2) is 29.6 Å². The molecule has 4 heteroatoms. The van der Waals surface area contributed by atoms with Crippen LogP contribution in [0.25, 0.3) is 0 Å². The molecule has 0 aliphatic rings. The summed E-state index contributed by atoms with van der Waals surface area (Å²) in [6.07, 6.45) is 2.33. The number of nitrogens with zero attached hydrogens (tertiary/aromatic N) is 4. The van der Waals surface area contributed by atoms with Gasteiger partial charge in [0.2, 0.25) is 5.95 Å². The first-order valence-corrected chi connectivity index (χ1v) is 8.88. The van der Waals surface area contributed by atoms with Crippen LogP contribution < -0.4 is 9.80 Å². The average molecular weight is 326 g/mol. The third kappa shape index (κ3) is 4.95. The number of anilines is 2. The molecule has 0 aliphatic carbocycles. The summed E-state index contributed by atoms with van der Waals surface area (Å²) >= 11 is 0. The number of aromatic nitrogens is 2. The first kappa shape index (κ1) is 18.2. The molecule has 0 atom stereocenters. The molecule has 0 fully saturated rings. The molecule has 24 heavy (non-hydrogen) atoms. The minimum atomic E-state index is 0.369. The van der Waals surface area contributed by atoms with Gasteiger partial charge < -0.3 is 9.80 Å². The minimum Gasteiger partial charge on any atom is -0.350 e. The van der Waals surface area contributed by atoms with Gasteiger partial charge in [0, 0.05) is 37.9 Å². The van der Waals surface area contributed by atoms with E-state index in [1.54, 1.807) is 0 Å². The van der Waals surface area contributed by atoms with Gasteiger partial charge in [-0.2, -0.15) is 4.98 Å². The van der Waals surface area contributed by atoms with E-state index in [0.29, 0.717) is 6.04 Å². The molecule has 1 heterocycles. The third-order valence-electron chi connectivity index (χ3n) is 4.13. The van der Waals surface area contributed by atoms with Crippen LogP contribution in [0.3, 0.4) is 0 Å². The summed E-state index contributed by atoms with van der Waals surface area (Å²) in [4.78, 5) is 14.0. The normalized spacial score (nSPS) is 10.9. The van der Waals surface area contributed by atoms with Crippen molar-refractivity contribution >= 4 is 11.8 Å². The summed E-state index contributed by atoms with van der Waals surface area (Å²) in [6.45, 7) is 10.5. The van der Waals surface area contributed by atoms with E-state index in [0.717, 1.165) is 37.0 Å². The molecule has 0 N–H and O–H groups in total. The first-order chi connectivity index (χ1) is 11.5. The van der Waals surface area contributed by atoms with Gasteiger partial charge >= 0.3 is 0 Å². The molecular formula is C20H30N4. The maximum absolute atomic E-state index is 4.84. The van der Waals surface area contributed by atoms with Crippen LogP contribution in [0.5, 0.6) is 0 Å². The predicted octanol–water partition coefficient (Wildman–Crippen LogP) is 4.44. The number of hydrogen-bond donors (Lipinski definition) is 0. The molecule has 0 amide bonds. The van der Waals surface area contributed by atoms with E-state index >= 15 is 0 Å². The molecule has 130 valence electrons. The Balaban J connectivity index is 2.27. The Kier molecular flexibility index (Phi) is 6.59. The van der Waals surface area contributed by atoms with Crippen molar-refractivity contribution in [2.24, 2.45) is 0 Å². The summed E-state index contributed by atoms with van der Waals surface area (Å²) in [5.74, 6) is 1.82. The Morgan fingerprint density at radius 1 is 1.08 bits per heavy atom. The second-order valence-electron chi connectivity index (χ2n) is 6.65. The smallest absolute Gasteiger partial charge is 0.227 e. The lowest BCUT2D eigenvalue weighted by Crippen LogP contribution is -2.32. The van der Waals surface area contributed by atoms with Crippen molar-refractivity contribution < 1.29 is 0 Å². The zero-order chi connectivity index (χ0) is 17.5. The maximum atomic E-state index is 4.84. The Hall–Kier alpha value is -2.10. The Morgan fingerprint density at radius 3 is 2.42 bits per heavy atom. The number of aryl methyl sites for hydroxylation is 1. The molecule has 2 aromatic rings. The van der Waals surface area contributed by atoms with Crippen LogP contribution in [-0.2, 0) is 6.54 Å². The molecule has 2 rings (SSSR count). The topological polar surface area (TPSA) is 32.3 Å². The average Bonchev–Trinajstić information content (AvgIpc) is 2.57. The molecule has 0 spiro atoms. The Morgan fingerprint density at radius 2 is 1.79 bits per heavy atom. The van der Waals surface area contributed by atoms with E-state index in [4.69, 9.17) is 4.98 Å². The van der Waals surface area contributed by atoms with Gasteiger partial charge in [0.1, 0.15) is 5.82 Å². The minimum absolute atomic E-state index is 0.369. The summed E-state index contributed by atoms with van der Waals surface area (Å²) in [7, 11) is 2.07. The third-order valence-corrected chi connectivity index (χ3v) is 4.13. The highest BCUT2D eigenvalue weighted by molar-refractivity contribution is 5.47. The lowest BCUT2D eigenvalue weighted by molar-refractivity contribution is 0.667. The van der Waals surface area contributed by atoms with Gasteiger partial charge in [0.25, 0.3) is 0 Å². The quantitative estimate of drug-likeness (QED) is 0.718. The van der Waals surface area contributed by atoms with Gasteiger partial charge in [-0.25, -0.2) is 4.98 Å². The molecule has 0 unspecified atom stereocenters. The number of benzene rings is 1. The van der Waals surface area contributed by atoms with Gasteiger partial charge in [0.05, 0.1) is 0 Å². The maximum Gasteiger partial charge on any atom is 0.227 e. The monoisotopic (exact) mass is 326 g/mol. The number of unbranched alkanes of at least 4 members (excludes halogenated alkanes) is 1. The van der Waals surface area contributed by atoms with E-state index in [-0.39, 0.29) is 0 Å². The van der Waals surface area contributed by atoms with Crippen LogP contribution >= 0.6 is 0 Å². The van der Waals surface area contributed by atoms with Gasteiger partial charge in [-0.15, -0.1) is 0 Å². The van der Waals surface area contributed by atoms with Crippen molar-refractivity contribution in [2.75, 3.05) is 23.4 Å². The van der Waals surface area contributed by atoms with Crippen molar-refractivity contribution in [1.82, 2.24) is 9.97 Å². The van der Waals surface area contributed by atoms with Crippen molar-refractivity contribution in [2.45, 2.75) is 53.1 Å². The Bertz CT molecular complexity index is 625. The molecule has 0 saturated heterocycles. The summed E-state index contributed by atoms with van der Waals surface area (Å²) < 4.78 is 0. The standard InChI is InChI=1S/C20H30N4/c1-6-7-13-23(5)20-21-17(4)14-19(22-20)24(16(2)3)15-18-11-9-8-10-12-18/h8-12,14,16H,6-7,13,15H2,1-5H3. The molecule has 0 saturated carbocycles. The molecule has 0 radical (unpaired) electrons. The summed E-state index contributed by atoms with van der Waals surface area (Å²) in [6, 6.07) is 13.0. The van der Waals surface area contributed by atoms with E-state index in [2.05, 4.69) is 79.0 Å². The van der Waals surface area contributed by atoms with Crippen LogP contribution in [0, 0.1) is 6.92 Å². The Labute approximate surface area is 146 Å². The highest BCUT2D eigenvalue weighted by atomic mass is 15.3. The highest BCUT2D eigenvalue weighted by Gasteiger charge is 2.16. The van der Waals surface area contributed by atoms with E-state index in [9.17, 15) is 0 Å². The second kappa shape index (κ2) is 8.67. The zero-order valence-electron chi connectivity index (χ0n) is 15.7. The van der Waals surface area contributed by atoms with Crippen molar-refractivity contribution in [3.8, 4) is 0 Å². The second-order valence-corrected chi connectivity index (χ2v) is 6.65. The molecule has 0 bridgehead atoms. The van der Waals surface area contributed by atoms with E-state index < -0.39 is 0 Å². The zero-order valence-corrected chi connectivity index (χ0v) is 15.7. The SMILES string of the molecule is CCCCN(C)c1nc(C)cc(N(Cc2ccccc2)C(C)C)n1. The summed E-state index contributed by atoms with van der Waals surface area (Å²) in [5.41, 5.74) is 2.31. The van der Waals surface area contributed by atoms with E-state index in [1.165, 1.54) is 12.0 Å². The molecule has 4 nitrogen and oxygen atoms in total. The van der Waals surface area contributed by atoms with Crippen LogP contribution in [0.1, 0.15) is 44.9 Å². The molecular weight excluding hydrogens is 296 g/mol.